The lowest BCUT2D eigenvalue weighted by atomic mass is 9.99. The van der Waals surface area contributed by atoms with Crippen molar-refractivity contribution < 1.29 is 4.52 Å². The molecule has 1 heterocycles. The van der Waals surface area contributed by atoms with E-state index in [2.05, 4.69) is 32.7 Å². The average Bonchev–Trinajstić information content (AvgIpc) is 3.02. The number of benzene rings is 1. The van der Waals surface area contributed by atoms with Crippen LogP contribution >= 0.6 is 46.6 Å². The molecule has 0 spiro atoms. The first-order chi connectivity index (χ1) is 9.08. The third kappa shape index (κ3) is 2.95. The van der Waals surface area contributed by atoms with Crippen LogP contribution in [-0.4, -0.2) is 10.1 Å². The van der Waals surface area contributed by atoms with Crippen molar-refractivity contribution in [3.8, 4) is 11.5 Å². The lowest BCUT2D eigenvalue weighted by molar-refractivity contribution is 0.372. The highest BCUT2D eigenvalue weighted by Gasteiger charge is 2.36. The molecule has 3 rings (SSSR count). The third-order valence-electron chi connectivity index (χ3n) is 3.53. The first kappa shape index (κ1) is 16.0. The Hall–Kier alpha value is -0.370. The highest BCUT2D eigenvalue weighted by molar-refractivity contribution is 14.1. The Kier molecular flexibility index (Phi) is 4.94. The van der Waals surface area contributed by atoms with Crippen LogP contribution in [0.2, 0.25) is 5.02 Å². The molecule has 20 heavy (non-hydrogen) atoms. The van der Waals surface area contributed by atoms with E-state index in [1.54, 1.807) is 0 Å². The summed E-state index contributed by atoms with van der Waals surface area (Å²) < 4.78 is 6.38. The average molecular weight is 426 g/mol. The van der Waals surface area contributed by atoms with Gasteiger partial charge >= 0.3 is 0 Å². The van der Waals surface area contributed by atoms with Gasteiger partial charge < -0.3 is 10.3 Å². The monoisotopic (exact) mass is 425 g/mol. The van der Waals surface area contributed by atoms with E-state index in [1.807, 2.05) is 18.2 Å². The molecule has 0 bridgehead atoms. The largest absolute Gasteiger partial charge is 0.334 e. The summed E-state index contributed by atoms with van der Waals surface area (Å²) in [5, 5.41) is 4.71. The lowest BCUT2D eigenvalue weighted by Gasteiger charge is -2.17. The molecule has 0 atom stereocenters. The quantitative estimate of drug-likeness (QED) is 0.734. The van der Waals surface area contributed by atoms with Crippen LogP contribution in [0.15, 0.2) is 22.7 Å². The summed E-state index contributed by atoms with van der Waals surface area (Å²) in [6.07, 6.45) is 4.07. The Labute approximate surface area is 142 Å². The summed E-state index contributed by atoms with van der Waals surface area (Å²) in [5.74, 6) is 1.09. The summed E-state index contributed by atoms with van der Waals surface area (Å²) in [6.45, 7) is 0. The highest BCUT2D eigenvalue weighted by atomic mass is 127. The topological polar surface area (TPSA) is 64.9 Å². The molecule has 1 aliphatic carbocycles. The van der Waals surface area contributed by atoms with Crippen LogP contribution in [0, 0.1) is 3.57 Å². The molecule has 1 saturated carbocycles. The van der Waals surface area contributed by atoms with Crippen molar-refractivity contribution in [3.63, 3.8) is 0 Å². The maximum Gasteiger partial charge on any atom is 0.259 e. The summed E-state index contributed by atoms with van der Waals surface area (Å²) in [7, 11) is 0. The molecule has 4 nitrogen and oxygen atoms in total. The van der Waals surface area contributed by atoms with Gasteiger partial charge in [0.05, 0.1) is 11.1 Å². The van der Waals surface area contributed by atoms with E-state index < -0.39 is 5.54 Å². The number of rotatable bonds is 2. The Morgan fingerprint density at radius 2 is 2.00 bits per heavy atom. The van der Waals surface area contributed by atoms with Gasteiger partial charge in [0.2, 0.25) is 0 Å². The fraction of sp³-hybridized carbons (Fsp3) is 0.385. The van der Waals surface area contributed by atoms with Crippen LogP contribution in [0.25, 0.3) is 11.5 Å². The van der Waals surface area contributed by atoms with Crippen LogP contribution in [0.4, 0.5) is 0 Å². The molecule has 1 fully saturated rings. The molecule has 0 unspecified atom stereocenters. The van der Waals surface area contributed by atoms with Crippen LogP contribution in [-0.2, 0) is 5.54 Å². The predicted octanol–water partition coefficient (Wildman–Crippen LogP) is 4.14. The first-order valence-corrected chi connectivity index (χ1v) is 7.63. The molecule has 0 radical (unpaired) electrons. The van der Waals surface area contributed by atoms with E-state index in [4.69, 9.17) is 21.9 Å². The van der Waals surface area contributed by atoms with Gasteiger partial charge in [0.15, 0.2) is 5.82 Å². The molecular formula is C13H14Cl2IN3O. The number of halogens is 3. The Morgan fingerprint density at radius 1 is 1.30 bits per heavy atom. The minimum atomic E-state index is -0.425. The van der Waals surface area contributed by atoms with Crippen molar-refractivity contribution in [1.82, 2.24) is 10.1 Å². The normalized spacial score (nSPS) is 16.9. The minimum absolute atomic E-state index is 0. The second kappa shape index (κ2) is 6.17. The number of nitrogens with zero attached hydrogens (tertiary/aromatic N) is 2. The summed E-state index contributed by atoms with van der Waals surface area (Å²) in [6, 6.07) is 5.60. The van der Waals surface area contributed by atoms with Crippen molar-refractivity contribution >= 4 is 46.6 Å². The first-order valence-electron chi connectivity index (χ1n) is 6.17. The van der Waals surface area contributed by atoms with Gasteiger partial charge in [0.25, 0.3) is 5.89 Å². The molecule has 1 aromatic carbocycles. The Balaban J connectivity index is 0.00000147. The van der Waals surface area contributed by atoms with Crippen LogP contribution in [0.1, 0.15) is 31.5 Å². The van der Waals surface area contributed by atoms with Gasteiger partial charge in [-0.25, -0.2) is 0 Å². The smallest absolute Gasteiger partial charge is 0.259 e. The number of hydrogen-bond acceptors (Lipinski definition) is 4. The molecule has 0 amide bonds. The standard InChI is InChI=1S/C13H13ClIN3O.ClH/c14-8-3-4-10(15)9(7-8)11-17-12(18-19-11)13(16)5-1-2-6-13;/h3-4,7H,1-2,5-6,16H2;1H. The summed E-state index contributed by atoms with van der Waals surface area (Å²) in [4.78, 5) is 4.47. The van der Waals surface area contributed by atoms with E-state index in [9.17, 15) is 0 Å². The van der Waals surface area contributed by atoms with Crippen molar-refractivity contribution in [2.75, 3.05) is 0 Å². The second-order valence-corrected chi connectivity index (χ2v) is 6.51. The molecule has 0 saturated heterocycles. The number of aromatic nitrogens is 2. The second-order valence-electron chi connectivity index (χ2n) is 4.91. The Morgan fingerprint density at radius 3 is 2.70 bits per heavy atom. The van der Waals surface area contributed by atoms with Crippen molar-refractivity contribution in [1.29, 1.82) is 0 Å². The van der Waals surface area contributed by atoms with E-state index in [1.165, 1.54) is 0 Å². The van der Waals surface area contributed by atoms with Crippen LogP contribution in [0.3, 0.4) is 0 Å². The molecule has 0 aliphatic heterocycles. The number of hydrogen-bond donors (Lipinski definition) is 1. The summed E-state index contributed by atoms with van der Waals surface area (Å²) >= 11 is 8.23. The lowest BCUT2D eigenvalue weighted by Crippen LogP contribution is -2.34. The molecule has 7 heteroatoms. The zero-order valence-electron chi connectivity index (χ0n) is 10.6. The minimum Gasteiger partial charge on any atom is -0.334 e. The predicted molar refractivity (Wildman–Crippen MR) is 89.0 cm³/mol. The maximum atomic E-state index is 6.33. The molecular weight excluding hydrogens is 412 g/mol. The highest BCUT2D eigenvalue weighted by Crippen LogP contribution is 2.36. The zero-order chi connectivity index (χ0) is 13.5. The fourth-order valence-electron chi connectivity index (χ4n) is 2.43. The zero-order valence-corrected chi connectivity index (χ0v) is 14.3. The summed E-state index contributed by atoms with van der Waals surface area (Å²) in [5.41, 5.74) is 6.76. The Bertz CT molecular complexity index is 611. The van der Waals surface area contributed by atoms with Gasteiger partial charge in [-0.2, -0.15) is 4.98 Å². The van der Waals surface area contributed by atoms with Crippen LogP contribution < -0.4 is 5.73 Å². The maximum absolute atomic E-state index is 6.33. The van der Waals surface area contributed by atoms with Gasteiger partial charge in [-0.3, -0.25) is 0 Å². The molecule has 1 aromatic heterocycles. The molecule has 2 aromatic rings. The van der Waals surface area contributed by atoms with Crippen molar-refractivity contribution in [2.24, 2.45) is 5.73 Å². The molecule has 2 N–H and O–H groups in total. The van der Waals surface area contributed by atoms with Crippen molar-refractivity contribution in [2.45, 2.75) is 31.2 Å². The van der Waals surface area contributed by atoms with Gasteiger partial charge in [0, 0.05) is 8.59 Å². The number of nitrogens with two attached hydrogens (primary N) is 1. The SMILES string of the molecule is Cl.NC1(c2noc(-c3cc(Cl)ccc3I)n2)CCCC1. The van der Waals surface area contributed by atoms with E-state index in [0.717, 1.165) is 34.8 Å². The van der Waals surface area contributed by atoms with Gasteiger partial charge in [-0.15, -0.1) is 12.4 Å². The molecule has 108 valence electrons. The third-order valence-corrected chi connectivity index (χ3v) is 4.70. The van der Waals surface area contributed by atoms with Gasteiger partial charge in [-0.05, 0) is 53.6 Å². The van der Waals surface area contributed by atoms with Crippen molar-refractivity contribution in [3.05, 3.63) is 32.6 Å². The fourth-order valence-corrected chi connectivity index (χ4v) is 3.16. The van der Waals surface area contributed by atoms with E-state index in [-0.39, 0.29) is 12.4 Å². The van der Waals surface area contributed by atoms with E-state index in [0.29, 0.717) is 16.7 Å². The van der Waals surface area contributed by atoms with Gasteiger partial charge in [0.1, 0.15) is 0 Å². The van der Waals surface area contributed by atoms with Gasteiger partial charge in [-0.1, -0.05) is 29.6 Å². The molecule has 1 aliphatic rings. The van der Waals surface area contributed by atoms with Crippen LogP contribution in [0.5, 0.6) is 0 Å². The van der Waals surface area contributed by atoms with E-state index >= 15 is 0 Å².